The van der Waals surface area contributed by atoms with Gasteiger partial charge >= 0.3 is 0 Å². The van der Waals surface area contributed by atoms with Crippen molar-refractivity contribution in [3.8, 4) is 5.69 Å². The van der Waals surface area contributed by atoms with Crippen LogP contribution in [0, 0.1) is 5.82 Å². The predicted octanol–water partition coefficient (Wildman–Crippen LogP) is 3.95. The van der Waals surface area contributed by atoms with E-state index in [-0.39, 0.29) is 17.4 Å². The minimum Gasteiger partial charge on any atom is -0.349 e. The maximum absolute atomic E-state index is 13.4. The topological polar surface area (TPSA) is 68.2 Å². The summed E-state index contributed by atoms with van der Waals surface area (Å²) in [4.78, 5) is 38.8. The summed E-state index contributed by atoms with van der Waals surface area (Å²) in [6.07, 6.45) is 7.88. The molecule has 0 radical (unpaired) electrons. The van der Waals surface area contributed by atoms with Crippen LogP contribution in [0.2, 0.25) is 0 Å². The van der Waals surface area contributed by atoms with Gasteiger partial charge in [0.15, 0.2) is 5.78 Å². The summed E-state index contributed by atoms with van der Waals surface area (Å²) >= 11 is 0. The number of fused-ring (bicyclic) bond motifs is 1. The number of Topliss-reactive ketones (excluding diaryl/α,β-unsaturated/α-hetero) is 1. The number of pyridine rings is 1. The number of halogens is 1. The lowest BCUT2D eigenvalue weighted by molar-refractivity contribution is 0.0931. The van der Waals surface area contributed by atoms with E-state index in [2.05, 4.69) is 5.32 Å². The molecular formula is C23H25FN2O3. The van der Waals surface area contributed by atoms with Crippen molar-refractivity contribution >= 4 is 11.7 Å². The van der Waals surface area contributed by atoms with Crippen LogP contribution in [0.1, 0.15) is 77.8 Å². The number of carbonyl (C=O) groups is 2. The highest BCUT2D eigenvalue weighted by atomic mass is 19.1. The molecule has 1 saturated carbocycles. The fourth-order valence-electron chi connectivity index (χ4n) is 4.40. The molecule has 0 unspecified atom stereocenters. The molecule has 1 aromatic carbocycles. The van der Waals surface area contributed by atoms with Crippen molar-refractivity contribution in [1.82, 2.24) is 9.88 Å². The van der Waals surface area contributed by atoms with Crippen molar-refractivity contribution in [2.24, 2.45) is 0 Å². The second kappa shape index (κ2) is 8.31. The number of hydrogen-bond acceptors (Lipinski definition) is 3. The van der Waals surface area contributed by atoms with Gasteiger partial charge in [-0.05, 0) is 56.0 Å². The summed E-state index contributed by atoms with van der Waals surface area (Å²) in [6, 6.07) is 7.07. The number of benzene rings is 1. The Bertz CT molecular complexity index is 986. The van der Waals surface area contributed by atoms with Gasteiger partial charge in [0, 0.05) is 29.4 Å². The third-order valence-electron chi connectivity index (χ3n) is 5.94. The second-order valence-corrected chi connectivity index (χ2v) is 7.97. The summed E-state index contributed by atoms with van der Waals surface area (Å²) in [5.41, 5.74) is 1.00. The lowest BCUT2D eigenvalue weighted by Crippen LogP contribution is -2.40. The van der Waals surface area contributed by atoms with Crippen molar-refractivity contribution < 1.29 is 14.0 Å². The number of ketones is 1. The standard InChI is InChI=1S/C23H25FN2O3/c24-15-10-12-17(13-11-15)26-20-8-5-9-21(27)18(20)14-19(23(26)29)22(28)25-16-6-3-1-2-4-7-16/h10-14,16H,1-9H2,(H,25,28). The summed E-state index contributed by atoms with van der Waals surface area (Å²) in [7, 11) is 0. The minimum absolute atomic E-state index is 0.0208. The molecule has 0 spiro atoms. The van der Waals surface area contributed by atoms with Crippen LogP contribution in [0.3, 0.4) is 0 Å². The molecule has 2 aromatic rings. The van der Waals surface area contributed by atoms with Gasteiger partial charge < -0.3 is 5.32 Å². The Labute approximate surface area is 168 Å². The molecule has 0 saturated heterocycles. The van der Waals surface area contributed by atoms with Crippen molar-refractivity contribution in [3.63, 3.8) is 0 Å². The highest BCUT2D eigenvalue weighted by Gasteiger charge is 2.27. The van der Waals surface area contributed by atoms with E-state index >= 15 is 0 Å². The van der Waals surface area contributed by atoms with E-state index in [1.54, 1.807) is 0 Å². The van der Waals surface area contributed by atoms with E-state index in [4.69, 9.17) is 0 Å². The van der Waals surface area contributed by atoms with E-state index in [9.17, 15) is 18.8 Å². The Hall–Kier alpha value is -2.76. The van der Waals surface area contributed by atoms with Crippen molar-refractivity contribution in [2.45, 2.75) is 63.8 Å². The first-order valence-corrected chi connectivity index (χ1v) is 10.4. The molecule has 1 fully saturated rings. The molecule has 2 aliphatic rings. The third kappa shape index (κ3) is 4.02. The van der Waals surface area contributed by atoms with Gasteiger partial charge in [0.05, 0.1) is 0 Å². The van der Waals surface area contributed by atoms with Crippen LogP contribution >= 0.6 is 0 Å². The van der Waals surface area contributed by atoms with Gasteiger partial charge in [-0.3, -0.25) is 19.0 Å². The van der Waals surface area contributed by atoms with Crippen LogP contribution in [0.15, 0.2) is 35.1 Å². The predicted molar refractivity (Wildman–Crippen MR) is 108 cm³/mol. The van der Waals surface area contributed by atoms with E-state index in [0.717, 1.165) is 38.5 Å². The smallest absolute Gasteiger partial charge is 0.268 e. The Balaban J connectivity index is 1.78. The van der Waals surface area contributed by atoms with Gasteiger partial charge in [0.1, 0.15) is 11.4 Å². The first-order valence-electron chi connectivity index (χ1n) is 10.4. The number of hydrogen-bond donors (Lipinski definition) is 1. The molecule has 0 bridgehead atoms. The maximum atomic E-state index is 13.4. The Morgan fingerprint density at radius 3 is 2.34 bits per heavy atom. The molecule has 0 aliphatic heterocycles. The zero-order chi connectivity index (χ0) is 20.4. The third-order valence-corrected chi connectivity index (χ3v) is 5.94. The highest BCUT2D eigenvalue weighted by molar-refractivity contribution is 6.02. The van der Waals surface area contributed by atoms with E-state index in [1.807, 2.05) is 0 Å². The molecule has 2 aliphatic carbocycles. The van der Waals surface area contributed by atoms with Gasteiger partial charge in [-0.25, -0.2) is 4.39 Å². The summed E-state index contributed by atoms with van der Waals surface area (Å²) in [6.45, 7) is 0. The number of carbonyl (C=O) groups excluding carboxylic acids is 2. The van der Waals surface area contributed by atoms with Crippen molar-refractivity contribution in [3.05, 3.63) is 63.3 Å². The molecule has 1 amide bonds. The fraction of sp³-hybridized carbons (Fsp3) is 0.435. The summed E-state index contributed by atoms with van der Waals surface area (Å²) < 4.78 is 14.8. The fourth-order valence-corrected chi connectivity index (χ4v) is 4.40. The largest absolute Gasteiger partial charge is 0.349 e. The zero-order valence-corrected chi connectivity index (χ0v) is 16.4. The van der Waals surface area contributed by atoms with Crippen LogP contribution in [-0.2, 0) is 6.42 Å². The van der Waals surface area contributed by atoms with Crippen LogP contribution in [0.4, 0.5) is 4.39 Å². The average Bonchev–Trinajstić information content (AvgIpc) is 2.97. The molecule has 6 heteroatoms. The number of rotatable bonds is 3. The van der Waals surface area contributed by atoms with Gasteiger partial charge in [-0.1, -0.05) is 25.7 Å². The number of nitrogens with zero attached hydrogens (tertiary/aromatic N) is 1. The van der Waals surface area contributed by atoms with E-state index in [0.29, 0.717) is 36.2 Å². The minimum atomic E-state index is -0.462. The van der Waals surface area contributed by atoms with Crippen molar-refractivity contribution in [2.75, 3.05) is 0 Å². The van der Waals surface area contributed by atoms with Crippen LogP contribution < -0.4 is 10.9 Å². The normalized spacial score (nSPS) is 17.5. The molecule has 1 aromatic heterocycles. The number of amides is 1. The molecule has 4 rings (SSSR count). The van der Waals surface area contributed by atoms with E-state index < -0.39 is 17.3 Å². The Morgan fingerprint density at radius 1 is 0.966 bits per heavy atom. The molecule has 1 heterocycles. The van der Waals surface area contributed by atoms with Crippen LogP contribution in [0.25, 0.3) is 5.69 Å². The van der Waals surface area contributed by atoms with Gasteiger partial charge in [-0.2, -0.15) is 0 Å². The summed E-state index contributed by atoms with van der Waals surface area (Å²) in [5, 5.41) is 3.00. The van der Waals surface area contributed by atoms with Crippen LogP contribution in [-0.4, -0.2) is 22.3 Å². The molecule has 0 atom stereocenters. The summed E-state index contributed by atoms with van der Waals surface area (Å²) in [5.74, 6) is -0.904. The lowest BCUT2D eigenvalue weighted by Gasteiger charge is -2.22. The average molecular weight is 396 g/mol. The first-order chi connectivity index (χ1) is 14.0. The van der Waals surface area contributed by atoms with Gasteiger partial charge in [0.2, 0.25) is 0 Å². The quantitative estimate of drug-likeness (QED) is 0.799. The first kappa shape index (κ1) is 19.6. The number of nitrogens with one attached hydrogen (secondary N) is 1. The lowest BCUT2D eigenvalue weighted by atomic mass is 9.92. The van der Waals surface area contributed by atoms with Crippen LogP contribution in [0.5, 0.6) is 0 Å². The van der Waals surface area contributed by atoms with Crippen molar-refractivity contribution in [1.29, 1.82) is 0 Å². The molecule has 5 nitrogen and oxygen atoms in total. The monoisotopic (exact) mass is 396 g/mol. The van der Waals surface area contributed by atoms with Gasteiger partial charge in [-0.15, -0.1) is 0 Å². The maximum Gasteiger partial charge on any atom is 0.268 e. The molecule has 1 N–H and O–H groups in total. The highest BCUT2D eigenvalue weighted by Crippen LogP contribution is 2.24. The van der Waals surface area contributed by atoms with E-state index in [1.165, 1.54) is 34.9 Å². The zero-order valence-electron chi connectivity index (χ0n) is 16.4. The Morgan fingerprint density at radius 2 is 1.66 bits per heavy atom. The molecule has 29 heavy (non-hydrogen) atoms. The molecule has 152 valence electrons. The van der Waals surface area contributed by atoms with Gasteiger partial charge in [0.25, 0.3) is 11.5 Å². The molecular weight excluding hydrogens is 371 g/mol. The second-order valence-electron chi connectivity index (χ2n) is 7.97. The number of aromatic nitrogens is 1. The SMILES string of the molecule is O=C1CCCc2c1cc(C(=O)NC1CCCCCC1)c(=O)n2-c1ccc(F)cc1. The Kier molecular flexibility index (Phi) is 5.60.